The second kappa shape index (κ2) is 6.55. The van der Waals surface area contributed by atoms with Crippen LogP contribution in [0.2, 0.25) is 0 Å². The van der Waals surface area contributed by atoms with Crippen LogP contribution in [0.25, 0.3) is 0 Å². The van der Waals surface area contributed by atoms with Crippen LogP contribution in [0, 0.1) is 11.7 Å². The molecule has 0 aromatic heterocycles. The van der Waals surface area contributed by atoms with E-state index in [0.717, 1.165) is 25.6 Å². The number of hydrogen-bond donors (Lipinski definition) is 1. The van der Waals surface area contributed by atoms with Gasteiger partial charge in [-0.3, -0.25) is 4.90 Å². The SMILES string of the molecule is CC(c1cc(F)ccc1O)N1CCC(CN(C)C)CC1. The van der Waals surface area contributed by atoms with Crippen molar-refractivity contribution in [3.05, 3.63) is 29.6 Å². The molecular weight excluding hydrogens is 255 g/mol. The number of hydrogen-bond acceptors (Lipinski definition) is 3. The van der Waals surface area contributed by atoms with E-state index < -0.39 is 0 Å². The Kier molecular flexibility index (Phi) is 5.00. The Bertz CT molecular complexity index is 442. The lowest BCUT2D eigenvalue weighted by Gasteiger charge is -2.37. The van der Waals surface area contributed by atoms with Crippen molar-refractivity contribution < 1.29 is 9.50 Å². The first kappa shape index (κ1) is 15.3. The quantitative estimate of drug-likeness (QED) is 0.918. The summed E-state index contributed by atoms with van der Waals surface area (Å²) < 4.78 is 13.3. The molecule has 0 spiro atoms. The first-order chi connectivity index (χ1) is 9.47. The van der Waals surface area contributed by atoms with Crippen LogP contribution in [0.15, 0.2) is 18.2 Å². The van der Waals surface area contributed by atoms with Crippen LogP contribution in [-0.4, -0.2) is 48.6 Å². The van der Waals surface area contributed by atoms with Gasteiger partial charge in [-0.15, -0.1) is 0 Å². The minimum Gasteiger partial charge on any atom is -0.508 e. The average Bonchev–Trinajstić information content (AvgIpc) is 2.41. The zero-order chi connectivity index (χ0) is 14.7. The Morgan fingerprint density at radius 3 is 2.60 bits per heavy atom. The van der Waals surface area contributed by atoms with Gasteiger partial charge in [0.15, 0.2) is 0 Å². The number of benzene rings is 1. The normalized spacial score (nSPS) is 19.4. The van der Waals surface area contributed by atoms with Gasteiger partial charge in [0.25, 0.3) is 0 Å². The lowest BCUT2D eigenvalue weighted by Crippen LogP contribution is -2.38. The highest BCUT2D eigenvalue weighted by molar-refractivity contribution is 5.35. The number of halogens is 1. The molecule has 0 aliphatic carbocycles. The maximum atomic E-state index is 13.3. The summed E-state index contributed by atoms with van der Waals surface area (Å²) in [5.74, 6) is 0.649. The van der Waals surface area contributed by atoms with Gasteiger partial charge in [-0.25, -0.2) is 4.39 Å². The minimum atomic E-state index is -0.285. The van der Waals surface area contributed by atoms with Crippen molar-refractivity contribution in [2.75, 3.05) is 33.7 Å². The molecule has 2 rings (SSSR count). The summed E-state index contributed by atoms with van der Waals surface area (Å²) >= 11 is 0. The highest BCUT2D eigenvalue weighted by atomic mass is 19.1. The monoisotopic (exact) mass is 280 g/mol. The van der Waals surface area contributed by atoms with E-state index in [-0.39, 0.29) is 17.6 Å². The Morgan fingerprint density at radius 1 is 1.35 bits per heavy atom. The summed E-state index contributed by atoms with van der Waals surface area (Å²) in [5.41, 5.74) is 0.691. The number of phenols is 1. The van der Waals surface area contributed by atoms with Crippen molar-refractivity contribution in [2.45, 2.75) is 25.8 Å². The molecule has 3 nitrogen and oxygen atoms in total. The number of likely N-dealkylation sites (tertiary alicyclic amines) is 1. The van der Waals surface area contributed by atoms with Crippen molar-refractivity contribution >= 4 is 0 Å². The zero-order valence-corrected chi connectivity index (χ0v) is 12.6. The van der Waals surface area contributed by atoms with E-state index in [9.17, 15) is 9.50 Å². The van der Waals surface area contributed by atoms with Crippen LogP contribution in [0.3, 0.4) is 0 Å². The van der Waals surface area contributed by atoms with Crippen LogP contribution in [0.4, 0.5) is 4.39 Å². The van der Waals surface area contributed by atoms with Crippen LogP contribution in [0.1, 0.15) is 31.4 Å². The Labute approximate surface area is 121 Å². The number of phenolic OH excluding ortho intramolecular Hbond substituents is 1. The van der Waals surface area contributed by atoms with Crippen LogP contribution in [0.5, 0.6) is 5.75 Å². The zero-order valence-electron chi connectivity index (χ0n) is 12.6. The smallest absolute Gasteiger partial charge is 0.123 e. The topological polar surface area (TPSA) is 26.7 Å². The van der Waals surface area contributed by atoms with Crippen molar-refractivity contribution in [3.63, 3.8) is 0 Å². The van der Waals surface area contributed by atoms with Gasteiger partial charge in [0.05, 0.1) is 0 Å². The minimum absolute atomic E-state index is 0.0611. The molecule has 1 heterocycles. The van der Waals surface area contributed by atoms with Crippen LogP contribution < -0.4 is 0 Å². The van der Waals surface area contributed by atoms with Crippen molar-refractivity contribution in [1.29, 1.82) is 0 Å². The molecule has 1 fully saturated rings. The van der Waals surface area contributed by atoms with Gasteiger partial charge in [-0.05, 0) is 71.1 Å². The first-order valence-corrected chi connectivity index (χ1v) is 7.34. The third-order valence-electron chi connectivity index (χ3n) is 4.26. The third-order valence-corrected chi connectivity index (χ3v) is 4.26. The van der Waals surface area contributed by atoms with Gasteiger partial charge in [0.2, 0.25) is 0 Å². The highest BCUT2D eigenvalue weighted by Gasteiger charge is 2.25. The Balaban J connectivity index is 1.98. The van der Waals surface area contributed by atoms with Crippen molar-refractivity contribution in [3.8, 4) is 5.75 Å². The molecule has 1 aliphatic heterocycles. The molecule has 4 heteroatoms. The predicted octanol–water partition coefficient (Wildman–Crippen LogP) is 2.87. The molecule has 1 N–H and O–H groups in total. The maximum absolute atomic E-state index is 13.3. The van der Waals surface area contributed by atoms with E-state index in [1.165, 1.54) is 31.0 Å². The molecule has 1 unspecified atom stereocenters. The van der Waals surface area contributed by atoms with Gasteiger partial charge in [-0.2, -0.15) is 0 Å². The summed E-state index contributed by atoms with van der Waals surface area (Å²) in [5, 5.41) is 9.91. The molecule has 1 aromatic rings. The van der Waals surface area contributed by atoms with Crippen LogP contribution in [-0.2, 0) is 0 Å². The molecule has 0 saturated carbocycles. The number of aromatic hydroxyl groups is 1. The standard InChI is InChI=1S/C16H25FN2O/c1-12(15-10-14(17)4-5-16(15)20)19-8-6-13(7-9-19)11-18(2)3/h4-5,10,12-13,20H,6-9,11H2,1-3H3. The third kappa shape index (κ3) is 3.70. The molecule has 1 saturated heterocycles. The number of piperidine rings is 1. The van der Waals surface area contributed by atoms with Crippen molar-refractivity contribution in [1.82, 2.24) is 9.80 Å². The van der Waals surface area contributed by atoms with E-state index in [1.807, 2.05) is 6.92 Å². The van der Waals surface area contributed by atoms with Gasteiger partial charge in [0.1, 0.15) is 11.6 Å². The lowest BCUT2D eigenvalue weighted by molar-refractivity contribution is 0.126. The fourth-order valence-corrected chi connectivity index (χ4v) is 3.10. The van der Waals surface area contributed by atoms with Crippen molar-refractivity contribution in [2.24, 2.45) is 5.92 Å². The second-order valence-corrected chi connectivity index (χ2v) is 6.12. The van der Waals surface area contributed by atoms with Crippen LogP contribution >= 0.6 is 0 Å². The number of rotatable bonds is 4. The summed E-state index contributed by atoms with van der Waals surface area (Å²) in [6, 6.07) is 4.26. The lowest BCUT2D eigenvalue weighted by atomic mass is 9.94. The van der Waals surface area contributed by atoms with E-state index in [4.69, 9.17) is 0 Å². The highest BCUT2D eigenvalue weighted by Crippen LogP contribution is 2.32. The van der Waals surface area contributed by atoms with E-state index >= 15 is 0 Å². The fraction of sp³-hybridized carbons (Fsp3) is 0.625. The second-order valence-electron chi connectivity index (χ2n) is 6.12. The molecule has 1 aliphatic rings. The molecule has 20 heavy (non-hydrogen) atoms. The Hall–Kier alpha value is -1.13. The largest absolute Gasteiger partial charge is 0.508 e. The first-order valence-electron chi connectivity index (χ1n) is 7.34. The summed E-state index contributed by atoms with van der Waals surface area (Å²) in [7, 11) is 4.22. The molecule has 0 bridgehead atoms. The predicted molar refractivity (Wildman–Crippen MR) is 79.3 cm³/mol. The fourth-order valence-electron chi connectivity index (χ4n) is 3.10. The Morgan fingerprint density at radius 2 is 2.00 bits per heavy atom. The molecule has 0 amide bonds. The summed E-state index contributed by atoms with van der Waals surface area (Å²) in [4.78, 5) is 4.57. The number of nitrogens with zero attached hydrogens (tertiary/aromatic N) is 2. The summed E-state index contributed by atoms with van der Waals surface area (Å²) in [6.07, 6.45) is 2.33. The molecular formula is C16H25FN2O. The van der Waals surface area contributed by atoms with Gasteiger partial charge < -0.3 is 10.0 Å². The van der Waals surface area contributed by atoms with E-state index in [1.54, 1.807) is 0 Å². The van der Waals surface area contributed by atoms with E-state index in [2.05, 4.69) is 23.9 Å². The van der Waals surface area contributed by atoms with Gasteiger partial charge in [0, 0.05) is 18.2 Å². The van der Waals surface area contributed by atoms with Gasteiger partial charge >= 0.3 is 0 Å². The molecule has 1 aromatic carbocycles. The summed E-state index contributed by atoms with van der Waals surface area (Å²) in [6.45, 7) is 5.19. The van der Waals surface area contributed by atoms with E-state index in [0.29, 0.717) is 5.56 Å². The molecule has 112 valence electrons. The average molecular weight is 280 g/mol. The van der Waals surface area contributed by atoms with Gasteiger partial charge in [-0.1, -0.05) is 0 Å². The molecule has 1 atom stereocenters. The maximum Gasteiger partial charge on any atom is 0.123 e. The molecule has 0 radical (unpaired) electrons.